The van der Waals surface area contributed by atoms with Crippen molar-refractivity contribution in [3.63, 3.8) is 0 Å². The SMILES string of the molecule is C=C(Cl)CNC1CCc2c(F)ccc(F)c21. The van der Waals surface area contributed by atoms with Gasteiger partial charge in [0.25, 0.3) is 0 Å². The van der Waals surface area contributed by atoms with E-state index in [2.05, 4.69) is 11.9 Å². The quantitative estimate of drug-likeness (QED) is 0.859. The summed E-state index contributed by atoms with van der Waals surface area (Å²) >= 11 is 5.63. The molecule has 0 heterocycles. The Labute approximate surface area is 98.1 Å². The molecular weight excluding hydrogens is 232 g/mol. The molecule has 0 spiro atoms. The molecule has 0 fully saturated rings. The molecule has 1 aliphatic carbocycles. The Kier molecular flexibility index (Phi) is 3.26. The third-order valence-corrected chi connectivity index (χ3v) is 2.95. The zero-order chi connectivity index (χ0) is 11.7. The van der Waals surface area contributed by atoms with E-state index in [0.717, 1.165) is 0 Å². The molecule has 0 aromatic heterocycles. The monoisotopic (exact) mass is 243 g/mol. The Bertz CT molecular complexity index is 431. The molecule has 1 aliphatic rings. The number of hydrogen-bond acceptors (Lipinski definition) is 1. The summed E-state index contributed by atoms with van der Waals surface area (Å²) in [6, 6.07) is 2.18. The minimum absolute atomic E-state index is 0.166. The molecule has 1 unspecified atom stereocenters. The van der Waals surface area contributed by atoms with Gasteiger partial charge in [0.1, 0.15) is 11.6 Å². The lowest BCUT2D eigenvalue weighted by atomic mass is 10.1. The second kappa shape index (κ2) is 4.52. The van der Waals surface area contributed by atoms with Crippen LogP contribution in [0, 0.1) is 11.6 Å². The van der Waals surface area contributed by atoms with Gasteiger partial charge in [-0.15, -0.1) is 0 Å². The first-order chi connectivity index (χ1) is 7.59. The lowest BCUT2D eigenvalue weighted by Gasteiger charge is -2.14. The summed E-state index contributed by atoms with van der Waals surface area (Å²) in [5.41, 5.74) is 0.926. The molecule has 1 nitrogen and oxygen atoms in total. The van der Waals surface area contributed by atoms with Gasteiger partial charge in [-0.1, -0.05) is 18.2 Å². The van der Waals surface area contributed by atoms with E-state index < -0.39 is 0 Å². The zero-order valence-corrected chi connectivity index (χ0v) is 9.45. The van der Waals surface area contributed by atoms with Gasteiger partial charge in [0.05, 0.1) is 0 Å². The first-order valence-corrected chi connectivity index (χ1v) is 5.51. The van der Waals surface area contributed by atoms with Crippen LogP contribution in [0.4, 0.5) is 8.78 Å². The van der Waals surface area contributed by atoms with E-state index in [1.165, 1.54) is 12.1 Å². The number of benzene rings is 1. The average molecular weight is 244 g/mol. The van der Waals surface area contributed by atoms with Crippen molar-refractivity contribution in [3.05, 3.63) is 46.5 Å². The van der Waals surface area contributed by atoms with Crippen LogP contribution in [0.5, 0.6) is 0 Å². The van der Waals surface area contributed by atoms with Gasteiger partial charge >= 0.3 is 0 Å². The number of halogens is 3. The molecule has 0 saturated carbocycles. The molecule has 0 aliphatic heterocycles. The summed E-state index contributed by atoms with van der Waals surface area (Å²) < 4.78 is 27.0. The molecule has 0 saturated heterocycles. The smallest absolute Gasteiger partial charge is 0.128 e. The van der Waals surface area contributed by atoms with E-state index in [4.69, 9.17) is 11.6 Å². The molecule has 1 aromatic carbocycles. The molecule has 2 rings (SSSR count). The van der Waals surface area contributed by atoms with Gasteiger partial charge < -0.3 is 5.32 Å². The van der Waals surface area contributed by atoms with Crippen LogP contribution in [0.1, 0.15) is 23.6 Å². The number of nitrogens with one attached hydrogen (secondary N) is 1. The van der Waals surface area contributed by atoms with Crippen LogP contribution in [0.3, 0.4) is 0 Å². The highest BCUT2D eigenvalue weighted by Crippen LogP contribution is 2.34. The number of rotatable bonds is 3. The molecule has 16 heavy (non-hydrogen) atoms. The van der Waals surface area contributed by atoms with Crippen LogP contribution >= 0.6 is 11.6 Å². The van der Waals surface area contributed by atoms with Gasteiger partial charge in [0, 0.05) is 23.2 Å². The van der Waals surface area contributed by atoms with E-state index in [0.29, 0.717) is 35.5 Å². The van der Waals surface area contributed by atoms with Crippen LogP contribution in [0.15, 0.2) is 23.7 Å². The van der Waals surface area contributed by atoms with Crippen molar-refractivity contribution in [2.45, 2.75) is 18.9 Å². The molecule has 1 N–H and O–H groups in total. The van der Waals surface area contributed by atoms with E-state index in [1.807, 2.05) is 0 Å². The largest absolute Gasteiger partial charge is 0.305 e. The fraction of sp³-hybridized carbons (Fsp3) is 0.333. The second-order valence-electron chi connectivity index (χ2n) is 3.91. The maximum atomic E-state index is 13.6. The van der Waals surface area contributed by atoms with Crippen molar-refractivity contribution in [2.75, 3.05) is 6.54 Å². The summed E-state index contributed by atoms with van der Waals surface area (Å²) in [6.45, 7) is 3.95. The Morgan fingerprint density at radius 3 is 2.81 bits per heavy atom. The number of fused-ring (bicyclic) bond motifs is 1. The summed E-state index contributed by atoms with van der Waals surface area (Å²) in [4.78, 5) is 0. The van der Waals surface area contributed by atoms with Gasteiger partial charge in [0.2, 0.25) is 0 Å². The first kappa shape index (κ1) is 11.6. The van der Waals surface area contributed by atoms with Crippen molar-refractivity contribution < 1.29 is 8.78 Å². The molecule has 0 amide bonds. The molecule has 0 bridgehead atoms. The van der Waals surface area contributed by atoms with Crippen molar-refractivity contribution in [1.29, 1.82) is 0 Å². The fourth-order valence-corrected chi connectivity index (χ4v) is 2.19. The summed E-state index contributed by atoms with van der Waals surface area (Å²) in [5.74, 6) is -0.683. The van der Waals surface area contributed by atoms with Crippen molar-refractivity contribution >= 4 is 11.6 Å². The predicted molar refractivity (Wildman–Crippen MR) is 60.4 cm³/mol. The van der Waals surface area contributed by atoms with E-state index in [9.17, 15) is 8.78 Å². The van der Waals surface area contributed by atoms with Crippen LogP contribution in [0.25, 0.3) is 0 Å². The Morgan fingerprint density at radius 2 is 2.12 bits per heavy atom. The van der Waals surface area contributed by atoms with Gasteiger partial charge in [-0.3, -0.25) is 0 Å². The summed E-state index contributed by atoms with van der Waals surface area (Å²) in [6.07, 6.45) is 1.25. The Balaban J connectivity index is 2.25. The molecule has 0 radical (unpaired) electrons. The van der Waals surface area contributed by atoms with Gasteiger partial charge in [-0.05, 0) is 30.5 Å². The van der Waals surface area contributed by atoms with E-state index >= 15 is 0 Å². The normalized spacial score (nSPS) is 18.6. The highest BCUT2D eigenvalue weighted by atomic mass is 35.5. The third-order valence-electron chi connectivity index (χ3n) is 2.82. The van der Waals surface area contributed by atoms with Crippen molar-refractivity contribution in [1.82, 2.24) is 5.32 Å². The standard InChI is InChI=1S/C12H12ClF2N/c1-7(13)6-16-11-5-2-8-9(14)3-4-10(15)12(8)11/h3-4,11,16H,1-2,5-6H2. The van der Waals surface area contributed by atoms with Gasteiger partial charge in [-0.2, -0.15) is 0 Å². The maximum absolute atomic E-state index is 13.6. The molecular formula is C12H12ClF2N. The van der Waals surface area contributed by atoms with Gasteiger partial charge in [0.15, 0.2) is 0 Å². The van der Waals surface area contributed by atoms with Crippen LogP contribution in [-0.2, 0) is 6.42 Å². The third kappa shape index (κ3) is 2.11. The fourth-order valence-electron chi connectivity index (χ4n) is 2.11. The molecule has 1 aromatic rings. The molecule has 86 valence electrons. The van der Waals surface area contributed by atoms with Crippen LogP contribution in [0.2, 0.25) is 0 Å². The van der Waals surface area contributed by atoms with Crippen molar-refractivity contribution in [2.24, 2.45) is 0 Å². The predicted octanol–water partition coefficient (Wildman–Crippen LogP) is 3.29. The molecule has 4 heteroatoms. The summed E-state index contributed by atoms with van der Waals surface area (Å²) in [7, 11) is 0. The topological polar surface area (TPSA) is 12.0 Å². The number of hydrogen-bond donors (Lipinski definition) is 1. The zero-order valence-electron chi connectivity index (χ0n) is 8.69. The van der Waals surface area contributed by atoms with E-state index in [-0.39, 0.29) is 17.7 Å². The minimum atomic E-state index is -0.355. The Hall–Kier alpha value is -0.930. The maximum Gasteiger partial charge on any atom is 0.128 e. The van der Waals surface area contributed by atoms with Crippen LogP contribution in [-0.4, -0.2) is 6.54 Å². The second-order valence-corrected chi connectivity index (χ2v) is 4.45. The van der Waals surface area contributed by atoms with Crippen molar-refractivity contribution in [3.8, 4) is 0 Å². The van der Waals surface area contributed by atoms with Gasteiger partial charge in [-0.25, -0.2) is 8.78 Å². The Morgan fingerprint density at radius 1 is 1.44 bits per heavy atom. The first-order valence-electron chi connectivity index (χ1n) is 5.13. The molecule has 1 atom stereocenters. The highest BCUT2D eigenvalue weighted by Gasteiger charge is 2.27. The van der Waals surface area contributed by atoms with E-state index in [1.54, 1.807) is 0 Å². The van der Waals surface area contributed by atoms with Crippen LogP contribution < -0.4 is 5.32 Å². The highest BCUT2D eigenvalue weighted by molar-refractivity contribution is 6.29. The summed E-state index contributed by atoms with van der Waals surface area (Å²) in [5, 5.41) is 3.53. The average Bonchev–Trinajstić information content (AvgIpc) is 2.65. The minimum Gasteiger partial charge on any atom is -0.305 e. The lowest BCUT2D eigenvalue weighted by Crippen LogP contribution is -2.21. The lowest BCUT2D eigenvalue weighted by molar-refractivity contribution is 0.523.